The maximum absolute atomic E-state index is 12.9. The first-order valence-corrected chi connectivity index (χ1v) is 11.4. The molecule has 0 spiro atoms. The second kappa shape index (κ2) is 11.1. The van der Waals surface area contributed by atoms with E-state index in [0.29, 0.717) is 18.8 Å². The van der Waals surface area contributed by atoms with Crippen LogP contribution < -0.4 is 5.32 Å². The molecular weight excluding hydrogens is 388 g/mol. The number of nitrogens with one attached hydrogen (secondary N) is 1. The molecule has 6 heteroatoms. The number of carbonyl (C=O) groups excluding carboxylic acids is 2. The van der Waals surface area contributed by atoms with E-state index in [-0.39, 0.29) is 23.8 Å². The number of carbonyl (C=O) groups is 2. The molecule has 6 nitrogen and oxygen atoms in total. The van der Waals surface area contributed by atoms with Gasteiger partial charge in [-0.15, -0.1) is 0 Å². The summed E-state index contributed by atoms with van der Waals surface area (Å²) in [6.45, 7) is 13.1. The molecule has 1 N–H and O–H groups in total. The van der Waals surface area contributed by atoms with E-state index in [2.05, 4.69) is 33.0 Å². The summed E-state index contributed by atoms with van der Waals surface area (Å²) in [5, 5.41) is 7.79. The minimum absolute atomic E-state index is 0.0493. The third-order valence-corrected chi connectivity index (χ3v) is 5.26. The number of para-hydroxylation sites is 1. The monoisotopic (exact) mass is 426 g/mol. The minimum Gasteiger partial charge on any atom is -0.333 e. The second-order valence-electron chi connectivity index (χ2n) is 9.18. The van der Waals surface area contributed by atoms with Gasteiger partial charge in [0.05, 0.1) is 17.9 Å². The zero-order valence-corrected chi connectivity index (χ0v) is 20.0. The molecule has 170 valence electrons. The summed E-state index contributed by atoms with van der Waals surface area (Å²) < 4.78 is 1.79. The van der Waals surface area contributed by atoms with Gasteiger partial charge in [0.15, 0.2) is 0 Å². The zero-order chi connectivity index (χ0) is 23.0. The van der Waals surface area contributed by atoms with Crippen LogP contribution in [0.5, 0.6) is 0 Å². The van der Waals surface area contributed by atoms with Crippen molar-refractivity contribution in [2.24, 2.45) is 0 Å². The van der Waals surface area contributed by atoms with Crippen molar-refractivity contribution in [1.82, 2.24) is 14.7 Å². The smallest absolute Gasteiger partial charge is 0.245 e. The highest BCUT2D eigenvalue weighted by molar-refractivity contribution is 5.94. The molecule has 0 saturated carbocycles. The van der Waals surface area contributed by atoms with Gasteiger partial charge in [0.25, 0.3) is 0 Å². The second-order valence-corrected chi connectivity index (χ2v) is 9.18. The highest BCUT2D eigenvalue weighted by Crippen LogP contribution is 2.27. The van der Waals surface area contributed by atoms with Crippen molar-refractivity contribution in [2.75, 3.05) is 18.4 Å². The predicted octanol–water partition coefficient (Wildman–Crippen LogP) is 5.24. The average molecular weight is 427 g/mol. The summed E-state index contributed by atoms with van der Waals surface area (Å²) in [6, 6.07) is 9.89. The molecule has 1 aromatic carbocycles. The molecule has 31 heavy (non-hydrogen) atoms. The zero-order valence-electron chi connectivity index (χ0n) is 20.0. The fourth-order valence-corrected chi connectivity index (χ4v) is 3.42. The van der Waals surface area contributed by atoms with E-state index in [1.807, 2.05) is 44.2 Å². The molecule has 0 bridgehead atoms. The van der Waals surface area contributed by atoms with E-state index in [9.17, 15) is 9.59 Å². The lowest BCUT2D eigenvalue weighted by atomic mass is 9.92. The van der Waals surface area contributed by atoms with Crippen molar-refractivity contribution in [1.29, 1.82) is 0 Å². The molecular formula is C25H38N4O2. The summed E-state index contributed by atoms with van der Waals surface area (Å²) >= 11 is 0. The normalized spacial score (nSPS) is 11.4. The molecule has 0 radical (unpaired) electrons. The Kier molecular flexibility index (Phi) is 8.84. The summed E-state index contributed by atoms with van der Waals surface area (Å²) in [6.07, 6.45) is 4.29. The van der Waals surface area contributed by atoms with Gasteiger partial charge in [-0.25, -0.2) is 4.68 Å². The van der Waals surface area contributed by atoms with Crippen molar-refractivity contribution in [3.63, 3.8) is 0 Å². The van der Waals surface area contributed by atoms with Gasteiger partial charge in [-0.05, 0) is 31.4 Å². The molecule has 0 fully saturated rings. The summed E-state index contributed by atoms with van der Waals surface area (Å²) in [5.74, 6) is 0.472. The van der Waals surface area contributed by atoms with Gasteiger partial charge < -0.3 is 10.2 Å². The SMILES string of the molecule is CCCCCC(=O)N(CCC)CC(=O)Nc1cc(C(C)(C)C)nn1-c1ccccc1C. The first kappa shape index (κ1) is 24.6. The molecule has 0 aliphatic carbocycles. The number of hydrogen-bond acceptors (Lipinski definition) is 3. The van der Waals surface area contributed by atoms with Gasteiger partial charge in [0, 0.05) is 24.4 Å². The van der Waals surface area contributed by atoms with Crippen molar-refractivity contribution in [3.8, 4) is 5.69 Å². The van der Waals surface area contributed by atoms with Crippen molar-refractivity contribution >= 4 is 17.6 Å². The van der Waals surface area contributed by atoms with E-state index < -0.39 is 0 Å². The molecule has 0 unspecified atom stereocenters. The number of aryl methyl sites for hydroxylation is 1. The van der Waals surface area contributed by atoms with Crippen LogP contribution in [0, 0.1) is 6.92 Å². The Morgan fingerprint density at radius 1 is 1.10 bits per heavy atom. The van der Waals surface area contributed by atoms with Crippen LogP contribution in [-0.4, -0.2) is 39.6 Å². The molecule has 0 saturated heterocycles. The number of unbranched alkanes of at least 4 members (excludes halogenated alkanes) is 2. The Labute approximate surface area is 187 Å². The maximum atomic E-state index is 12.9. The van der Waals surface area contributed by atoms with Crippen LogP contribution in [0.3, 0.4) is 0 Å². The first-order chi connectivity index (χ1) is 14.7. The van der Waals surface area contributed by atoms with Crippen LogP contribution in [0.1, 0.15) is 78.0 Å². The van der Waals surface area contributed by atoms with E-state index in [4.69, 9.17) is 5.10 Å². The minimum atomic E-state index is -0.201. The highest BCUT2D eigenvalue weighted by Gasteiger charge is 2.23. The third kappa shape index (κ3) is 6.94. The Morgan fingerprint density at radius 2 is 1.81 bits per heavy atom. The predicted molar refractivity (Wildman–Crippen MR) is 127 cm³/mol. The van der Waals surface area contributed by atoms with E-state index in [1.165, 1.54) is 0 Å². The molecule has 2 amide bonds. The first-order valence-electron chi connectivity index (χ1n) is 11.4. The Balaban J connectivity index is 2.23. The van der Waals surface area contributed by atoms with Crippen molar-refractivity contribution in [3.05, 3.63) is 41.6 Å². The van der Waals surface area contributed by atoms with Crippen LogP contribution in [0.2, 0.25) is 0 Å². The summed E-state index contributed by atoms with van der Waals surface area (Å²) in [4.78, 5) is 27.2. The molecule has 2 aromatic rings. The number of aromatic nitrogens is 2. The molecule has 0 aliphatic heterocycles. The number of amides is 2. The third-order valence-electron chi connectivity index (χ3n) is 5.26. The van der Waals surface area contributed by atoms with Crippen LogP contribution in [0.15, 0.2) is 30.3 Å². The number of rotatable bonds is 10. The Morgan fingerprint density at radius 3 is 2.42 bits per heavy atom. The van der Waals surface area contributed by atoms with Gasteiger partial charge in [-0.3, -0.25) is 9.59 Å². The molecule has 0 atom stereocenters. The van der Waals surface area contributed by atoms with Crippen LogP contribution in [0.25, 0.3) is 5.69 Å². The summed E-state index contributed by atoms with van der Waals surface area (Å²) in [5.41, 5.74) is 2.73. The Bertz CT molecular complexity index is 880. The molecule has 2 rings (SSSR count). The van der Waals surface area contributed by atoms with Crippen molar-refractivity contribution in [2.45, 2.75) is 79.1 Å². The van der Waals surface area contributed by atoms with Gasteiger partial charge in [0.1, 0.15) is 5.82 Å². The molecule has 1 aromatic heterocycles. The quantitative estimate of drug-likeness (QED) is 0.529. The fourth-order valence-electron chi connectivity index (χ4n) is 3.42. The Hall–Kier alpha value is -2.63. The van der Waals surface area contributed by atoms with Crippen LogP contribution >= 0.6 is 0 Å². The lowest BCUT2D eigenvalue weighted by molar-refractivity contribution is -0.134. The van der Waals surface area contributed by atoms with E-state index in [1.54, 1.807) is 9.58 Å². The van der Waals surface area contributed by atoms with Crippen molar-refractivity contribution < 1.29 is 9.59 Å². The maximum Gasteiger partial charge on any atom is 0.245 e. The largest absolute Gasteiger partial charge is 0.333 e. The topological polar surface area (TPSA) is 67.2 Å². The van der Waals surface area contributed by atoms with Gasteiger partial charge in [0.2, 0.25) is 11.8 Å². The standard InChI is InChI=1S/C25H38N4O2/c1-7-9-10-15-24(31)28(16-8-2)18-23(30)26-22-17-21(25(4,5)6)27-29(22)20-14-12-11-13-19(20)3/h11-14,17H,7-10,15-16,18H2,1-6H3,(H,26,30). The lowest BCUT2D eigenvalue weighted by Crippen LogP contribution is -2.38. The number of benzene rings is 1. The molecule has 0 aliphatic rings. The summed E-state index contributed by atoms with van der Waals surface area (Å²) in [7, 11) is 0. The van der Waals surface area contributed by atoms with Gasteiger partial charge in [-0.1, -0.05) is 65.7 Å². The van der Waals surface area contributed by atoms with E-state index in [0.717, 1.165) is 42.6 Å². The molecule has 1 heterocycles. The van der Waals surface area contributed by atoms with Crippen LogP contribution in [-0.2, 0) is 15.0 Å². The van der Waals surface area contributed by atoms with E-state index >= 15 is 0 Å². The number of nitrogens with zero attached hydrogens (tertiary/aromatic N) is 3. The fraction of sp³-hybridized carbons (Fsp3) is 0.560. The lowest BCUT2D eigenvalue weighted by Gasteiger charge is -2.22. The number of anilines is 1. The average Bonchev–Trinajstić information content (AvgIpc) is 3.12. The van der Waals surface area contributed by atoms with Gasteiger partial charge >= 0.3 is 0 Å². The van der Waals surface area contributed by atoms with Crippen LogP contribution in [0.4, 0.5) is 5.82 Å². The van der Waals surface area contributed by atoms with Gasteiger partial charge in [-0.2, -0.15) is 5.10 Å². The number of hydrogen-bond donors (Lipinski definition) is 1. The highest BCUT2D eigenvalue weighted by atomic mass is 16.2.